The van der Waals surface area contributed by atoms with Crippen LogP contribution in [0.25, 0.3) is 0 Å². The van der Waals surface area contributed by atoms with Gasteiger partial charge in [-0.15, -0.1) is 0 Å². The number of ether oxygens (including phenoxy) is 2. The number of sulfonamides is 1. The number of aryl methyl sites for hydroxylation is 2. The van der Waals surface area contributed by atoms with Crippen molar-refractivity contribution in [1.29, 1.82) is 0 Å². The lowest BCUT2D eigenvalue weighted by Gasteiger charge is -2.23. The number of benzene rings is 3. The zero-order valence-electron chi connectivity index (χ0n) is 19.2. The van der Waals surface area contributed by atoms with Gasteiger partial charge in [-0.05, 0) is 80.8 Å². The van der Waals surface area contributed by atoms with E-state index in [2.05, 4.69) is 0 Å². The second-order valence-electron chi connectivity index (χ2n) is 7.62. The topological polar surface area (TPSA) is 72.9 Å². The number of hydrogen-bond acceptors (Lipinski definition) is 5. The Hall–Kier alpha value is -3.32. The fourth-order valence-corrected chi connectivity index (χ4v) is 4.80. The molecule has 0 saturated carbocycles. The summed E-state index contributed by atoms with van der Waals surface area (Å²) in [7, 11) is -4.08. The third kappa shape index (κ3) is 6.14. The molecule has 0 aliphatic carbocycles. The maximum absolute atomic E-state index is 13.4. The number of amides is 1. The summed E-state index contributed by atoms with van der Waals surface area (Å²) in [4.78, 5) is 13.2. The van der Waals surface area contributed by atoms with E-state index in [1.807, 2.05) is 39.0 Å². The lowest BCUT2D eigenvalue weighted by molar-refractivity contribution is -0.117. The Morgan fingerprint density at radius 1 is 0.909 bits per heavy atom. The Bertz CT molecular complexity index is 1180. The minimum absolute atomic E-state index is 0.0180. The van der Waals surface area contributed by atoms with Crippen molar-refractivity contribution in [1.82, 2.24) is 0 Å². The van der Waals surface area contributed by atoms with E-state index in [0.29, 0.717) is 25.4 Å². The van der Waals surface area contributed by atoms with E-state index in [0.717, 1.165) is 21.2 Å². The van der Waals surface area contributed by atoms with E-state index in [1.54, 1.807) is 42.5 Å². The van der Waals surface area contributed by atoms with Crippen molar-refractivity contribution < 1.29 is 22.7 Å². The minimum atomic E-state index is -4.08. The monoisotopic (exact) mass is 467 g/mol. The maximum atomic E-state index is 13.4. The first-order valence-corrected chi connectivity index (χ1v) is 12.3. The number of anilines is 1. The quantitative estimate of drug-likeness (QED) is 0.379. The van der Waals surface area contributed by atoms with Crippen molar-refractivity contribution in [2.75, 3.05) is 17.5 Å². The highest BCUT2D eigenvalue weighted by molar-refractivity contribution is 7.93. The largest absolute Gasteiger partial charge is 0.494 e. The SMILES string of the molecule is CCOc1ccc(N(C(=O)CCCOc2cc(C)ccc2C)S(=O)(=O)c2ccccc2)cc1. The van der Waals surface area contributed by atoms with E-state index < -0.39 is 15.9 Å². The molecule has 3 aromatic carbocycles. The fraction of sp³-hybridized carbons (Fsp3) is 0.269. The molecule has 0 radical (unpaired) electrons. The van der Waals surface area contributed by atoms with Crippen LogP contribution in [-0.4, -0.2) is 27.5 Å². The van der Waals surface area contributed by atoms with Gasteiger partial charge in [-0.3, -0.25) is 4.79 Å². The van der Waals surface area contributed by atoms with E-state index in [9.17, 15) is 13.2 Å². The Morgan fingerprint density at radius 3 is 2.27 bits per heavy atom. The summed E-state index contributed by atoms with van der Waals surface area (Å²) >= 11 is 0. The normalized spacial score (nSPS) is 11.1. The van der Waals surface area contributed by atoms with Gasteiger partial charge in [0.25, 0.3) is 10.0 Å². The van der Waals surface area contributed by atoms with Crippen molar-refractivity contribution in [2.24, 2.45) is 0 Å². The first-order chi connectivity index (χ1) is 15.8. The van der Waals surface area contributed by atoms with Crippen LogP contribution in [0.15, 0.2) is 77.7 Å². The van der Waals surface area contributed by atoms with Gasteiger partial charge in [-0.2, -0.15) is 0 Å². The molecule has 0 bridgehead atoms. The van der Waals surface area contributed by atoms with E-state index in [-0.39, 0.29) is 17.0 Å². The number of carbonyl (C=O) groups is 1. The van der Waals surface area contributed by atoms with Gasteiger partial charge in [-0.25, -0.2) is 12.7 Å². The molecule has 3 rings (SSSR count). The fourth-order valence-electron chi connectivity index (χ4n) is 3.33. The third-order valence-corrected chi connectivity index (χ3v) is 6.79. The van der Waals surface area contributed by atoms with Crippen molar-refractivity contribution >= 4 is 21.6 Å². The molecule has 1 amide bonds. The molecular weight excluding hydrogens is 438 g/mol. The summed E-state index contributed by atoms with van der Waals surface area (Å²) in [5.41, 5.74) is 2.36. The molecule has 0 atom stereocenters. The second kappa shape index (κ2) is 11.0. The molecule has 0 heterocycles. The maximum Gasteiger partial charge on any atom is 0.270 e. The summed E-state index contributed by atoms with van der Waals surface area (Å²) in [6, 6.07) is 20.4. The standard InChI is InChI=1S/C26H29NO5S/c1-4-31-23-16-14-22(15-17-23)27(33(29,30)24-9-6-5-7-10-24)26(28)11-8-18-32-25-19-20(2)12-13-21(25)3/h5-7,9-10,12-17,19H,4,8,11,18H2,1-3H3. The average Bonchev–Trinajstić information content (AvgIpc) is 2.81. The molecule has 6 nitrogen and oxygen atoms in total. The smallest absolute Gasteiger partial charge is 0.270 e. The van der Waals surface area contributed by atoms with Gasteiger partial charge < -0.3 is 9.47 Å². The first kappa shape index (κ1) is 24.3. The van der Waals surface area contributed by atoms with E-state index in [4.69, 9.17) is 9.47 Å². The number of hydrogen-bond donors (Lipinski definition) is 0. The minimum Gasteiger partial charge on any atom is -0.494 e. The Kier molecular flexibility index (Phi) is 8.11. The van der Waals surface area contributed by atoms with Crippen LogP contribution in [0.2, 0.25) is 0 Å². The molecule has 174 valence electrons. The summed E-state index contributed by atoms with van der Waals surface area (Å²) in [5, 5.41) is 0. The van der Waals surface area contributed by atoms with Crippen molar-refractivity contribution in [2.45, 2.75) is 38.5 Å². The van der Waals surface area contributed by atoms with Gasteiger partial charge in [0.05, 0.1) is 23.8 Å². The predicted molar refractivity (Wildman–Crippen MR) is 129 cm³/mol. The van der Waals surface area contributed by atoms with Crippen molar-refractivity contribution in [3.63, 3.8) is 0 Å². The van der Waals surface area contributed by atoms with E-state index >= 15 is 0 Å². The van der Waals surface area contributed by atoms with Crippen LogP contribution in [-0.2, 0) is 14.8 Å². The van der Waals surface area contributed by atoms with Crippen LogP contribution in [0, 0.1) is 13.8 Å². The highest BCUT2D eigenvalue weighted by Gasteiger charge is 2.30. The lowest BCUT2D eigenvalue weighted by atomic mass is 10.1. The molecule has 0 spiro atoms. The van der Waals surface area contributed by atoms with Crippen molar-refractivity contribution in [3.8, 4) is 11.5 Å². The molecular formula is C26H29NO5S. The van der Waals surface area contributed by atoms with E-state index in [1.165, 1.54) is 12.1 Å². The molecule has 0 fully saturated rings. The zero-order chi connectivity index (χ0) is 23.8. The molecule has 0 unspecified atom stereocenters. The lowest BCUT2D eigenvalue weighted by Crippen LogP contribution is -2.37. The summed E-state index contributed by atoms with van der Waals surface area (Å²) in [5.74, 6) is 0.850. The van der Waals surface area contributed by atoms with Gasteiger partial charge in [0.1, 0.15) is 11.5 Å². The summed E-state index contributed by atoms with van der Waals surface area (Å²) < 4.78 is 38.9. The second-order valence-corrected chi connectivity index (χ2v) is 9.41. The molecule has 33 heavy (non-hydrogen) atoms. The van der Waals surface area contributed by atoms with Crippen LogP contribution in [0.1, 0.15) is 30.9 Å². The highest BCUT2D eigenvalue weighted by Crippen LogP contribution is 2.27. The summed E-state index contributed by atoms with van der Waals surface area (Å²) in [6.07, 6.45) is 0.397. The molecule has 0 aromatic heterocycles. The molecule has 0 aliphatic rings. The molecule has 0 aliphatic heterocycles. The first-order valence-electron chi connectivity index (χ1n) is 10.9. The Balaban J connectivity index is 1.78. The Morgan fingerprint density at radius 2 is 1.61 bits per heavy atom. The van der Waals surface area contributed by atoms with Gasteiger partial charge in [0, 0.05) is 6.42 Å². The average molecular weight is 468 g/mol. The predicted octanol–water partition coefficient (Wildman–Crippen LogP) is 5.28. The van der Waals surface area contributed by atoms with Crippen LogP contribution in [0.3, 0.4) is 0 Å². The van der Waals surface area contributed by atoms with Gasteiger partial charge >= 0.3 is 0 Å². The van der Waals surface area contributed by atoms with Gasteiger partial charge in [0.2, 0.25) is 5.91 Å². The van der Waals surface area contributed by atoms with Crippen LogP contribution in [0.5, 0.6) is 11.5 Å². The molecule has 7 heteroatoms. The molecule has 0 N–H and O–H groups in total. The summed E-state index contributed by atoms with van der Waals surface area (Å²) in [6.45, 7) is 6.60. The van der Waals surface area contributed by atoms with Gasteiger partial charge in [-0.1, -0.05) is 30.3 Å². The zero-order valence-corrected chi connectivity index (χ0v) is 20.0. The van der Waals surface area contributed by atoms with Crippen LogP contribution >= 0.6 is 0 Å². The molecule has 0 saturated heterocycles. The van der Waals surface area contributed by atoms with Gasteiger partial charge in [0.15, 0.2) is 0 Å². The Labute approximate surface area is 195 Å². The number of nitrogens with zero attached hydrogens (tertiary/aromatic N) is 1. The van der Waals surface area contributed by atoms with Crippen molar-refractivity contribution in [3.05, 3.63) is 83.9 Å². The third-order valence-electron chi connectivity index (χ3n) is 5.03. The number of carbonyl (C=O) groups excluding carboxylic acids is 1. The molecule has 3 aromatic rings. The van der Waals surface area contributed by atoms with Crippen LogP contribution < -0.4 is 13.8 Å². The number of rotatable bonds is 10. The van der Waals surface area contributed by atoms with Crippen LogP contribution in [0.4, 0.5) is 5.69 Å². The highest BCUT2D eigenvalue weighted by atomic mass is 32.2.